The molecule has 2 N–H and O–H groups in total. The molecule has 0 amide bonds. The van der Waals surface area contributed by atoms with E-state index in [1.807, 2.05) is 48.1 Å². The molecule has 3 rings (SSSR count). The fourth-order valence-corrected chi connectivity index (χ4v) is 2.69. The topological polar surface area (TPSA) is 67.1 Å². The Morgan fingerprint density at radius 1 is 1.15 bits per heavy atom. The second-order valence-corrected chi connectivity index (χ2v) is 6.07. The van der Waals surface area contributed by atoms with Crippen molar-refractivity contribution in [3.63, 3.8) is 0 Å². The van der Waals surface area contributed by atoms with Gasteiger partial charge in [0.05, 0.1) is 6.04 Å². The first-order valence-electron chi connectivity index (χ1n) is 8.65. The molecule has 6 heteroatoms. The molecule has 1 aromatic carbocycles. The number of guanidine groups is 1. The molecule has 0 aliphatic rings. The second kappa shape index (κ2) is 8.29. The van der Waals surface area contributed by atoms with Gasteiger partial charge in [0.2, 0.25) is 0 Å². The highest BCUT2D eigenvalue weighted by Crippen LogP contribution is 2.11. The normalized spacial score (nSPS) is 12.7. The van der Waals surface area contributed by atoms with Crippen LogP contribution in [0.3, 0.4) is 0 Å². The third-order valence-electron chi connectivity index (χ3n) is 4.22. The number of rotatable bonds is 5. The average Bonchev–Trinajstić information content (AvgIpc) is 3.12. The molecule has 2 heterocycles. The van der Waals surface area contributed by atoms with Gasteiger partial charge in [-0.25, -0.2) is 9.97 Å². The summed E-state index contributed by atoms with van der Waals surface area (Å²) in [5.74, 6) is 2.54. The van der Waals surface area contributed by atoms with Crippen molar-refractivity contribution in [2.24, 2.45) is 4.99 Å². The van der Waals surface area contributed by atoms with Crippen molar-refractivity contribution in [3.8, 4) is 5.82 Å². The van der Waals surface area contributed by atoms with Crippen LogP contribution in [0.4, 0.5) is 0 Å². The van der Waals surface area contributed by atoms with Crippen LogP contribution in [0.15, 0.2) is 66.0 Å². The quantitative estimate of drug-likeness (QED) is 0.549. The van der Waals surface area contributed by atoms with Gasteiger partial charge in [0.15, 0.2) is 5.96 Å². The Morgan fingerprint density at radius 3 is 2.58 bits per heavy atom. The summed E-state index contributed by atoms with van der Waals surface area (Å²) < 4.78 is 1.96. The predicted molar refractivity (Wildman–Crippen MR) is 104 cm³/mol. The van der Waals surface area contributed by atoms with E-state index in [2.05, 4.69) is 50.7 Å². The first-order valence-corrected chi connectivity index (χ1v) is 8.65. The SMILES string of the molecule is CN=C(NCc1ccc(-n2ccnc2C)nc1)NC(C)c1ccccc1. The second-order valence-electron chi connectivity index (χ2n) is 6.07. The number of imidazole rings is 1. The molecule has 0 spiro atoms. The number of aromatic nitrogens is 3. The van der Waals surface area contributed by atoms with Crippen LogP contribution in [-0.2, 0) is 6.54 Å². The summed E-state index contributed by atoms with van der Waals surface area (Å²) in [5, 5.41) is 6.73. The van der Waals surface area contributed by atoms with E-state index >= 15 is 0 Å². The van der Waals surface area contributed by atoms with Gasteiger partial charge in [0.25, 0.3) is 0 Å². The molecule has 0 saturated heterocycles. The van der Waals surface area contributed by atoms with Gasteiger partial charge in [-0.1, -0.05) is 36.4 Å². The van der Waals surface area contributed by atoms with Gasteiger partial charge >= 0.3 is 0 Å². The maximum absolute atomic E-state index is 4.52. The zero-order valence-corrected chi connectivity index (χ0v) is 15.3. The van der Waals surface area contributed by atoms with Crippen LogP contribution >= 0.6 is 0 Å². The van der Waals surface area contributed by atoms with Gasteiger partial charge in [-0.05, 0) is 31.0 Å². The molecule has 0 saturated carbocycles. The first-order chi connectivity index (χ1) is 12.7. The van der Waals surface area contributed by atoms with Crippen LogP contribution in [0.5, 0.6) is 0 Å². The van der Waals surface area contributed by atoms with Crippen LogP contribution in [0.25, 0.3) is 5.82 Å². The van der Waals surface area contributed by atoms with E-state index in [1.54, 1.807) is 13.2 Å². The van der Waals surface area contributed by atoms with Gasteiger partial charge in [0, 0.05) is 32.2 Å². The number of aryl methyl sites for hydroxylation is 1. The maximum atomic E-state index is 4.52. The van der Waals surface area contributed by atoms with Crippen molar-refractivity contribution in [2.45, 2.75) is 26.4 Å². The van der Waals surface area contributed by atoms with Crippen molar-refractivity contribution < 1.29 is 0 Å². The number of aliphatic imine (C=N–C) groups is 1. The Balaban J connectivity index is 1.58. The predicted octanol–water partition coefficient (Wildman–Crippen LogP) is 3.00. The monoisotopic (exact) mass is 348 g/mol. The van der Waals surface area contributed by atoms with E-state index in [-0.39, 0.29) is 6.04 Å². The number of nitrogens with one attached hydrogen (secondary N) is 2. The lowest BCUT2D eigenvalue weighted by molar-refractivity contribution is 0.685. The molecular weight excluding hydrogens is 324 g/mol. The molecule has 0 fully saturated rings. The number of pyridine rings is 1. The van der Waals surface area contributed by atoms with E-state index < -0.39 is 0 Å². The highest BCUT2D eigenvalue weighted by Gasteiger charge is 2.07. The summed E-state index contributed by atoms with van der Waals surface area (Å²) in [6, 6.07) is 14.5. The van der Waals surface area contributed by atoms with Gasteiger partial charge in [0.1, 0.15) is 11.6 Å². The molecule has 6 nitrogen and oxygen atoms in total. The molecular formula is C20H24N6. The molecule has 134 valence electrons. The number of hydrogen-bond acceptors (Lipinski definition) is 3. The third kappa shape index (κ3) is 4.27. The minimum absolute atomic E-state index is 0.173. The van der Waals surface area contributed by atoms with Gasteiger partial charge in [-0.15, -0.1) is 0 Å². The summed E-state index contributed by atoms with van der Waals surface area (Å²) in [7, 11) is 1.77. The average molecular weight is 348 g/mol. The van der Waals surface area contributed by atoms with Crippen LogP contribution in [0, 0.1) is 6.92 Å². The van der Waals surface area contributed by atoms with Gasteiger partial charge in [-0.3, -0.25) is 9.56 Å². The fourth-order valence-electron chi connectivity index (χ4n) is 2.69. The standard InChI is InChI=1S/C20H24N6/c1-15(18-7-5-4-6-8-18)25-20(21-3)24-14-17-9-10-19(23-13-17)26-12-11-22-16(26)2/h4-13,15H,14H2,1-3H3,(H2,21,24,25). The van der Waals surface area contributed by atoms with E-state index in [0.29, 0.717) is 6.54 Å². The Labute approximate surface area is 154 Å². The Kier molecular flexibility index (Phi) is 5.63. The molecule has 1 unspecified atom stereocenters. The molecule has 2 aromatic heterocycles. The molecule has 0 aliphatic heterocycles. The summed E-state index contributed by atoms with van der Waals surface area (Å²) >= 11 is 0. The first kappa shape index (κ1) is 17.7. The lowest BCUT2D eigenvalue weighted by Gasteiger charge is -2.18. The van der Waals surface area contributed by atoms with Crippen molar-refractivity contribution in [2.75, 3.05) is 7.05 Å². The zero-order chi connectivity index (χ0) is 18.4. The lowest BCUT2D eigenvalue weighted by atomic mass is 10.1. The van der Waals surface area contributed by atoms with E-state index in [4.69, 9.17) is 0 Å². The Hall–Kier alpha value is -3.15. The summed E-state index contributed by atoms with van der Waals surface area (Å²) in [6.07, 6.45) is 5.55. The number of benzene rings is 1. The molecule has 0 aliphatic carbocycles. The molecule has 3 aromatic rings. The Bertz CT molecular complexity index is 852. The Morgan fingerprint density at radius 2 is 1.96 bits per heavy atom. The van der Waals surface area contributed by atoms with Crippen molar-refractivity contribution in [1.29, 1.82) is 0 Å². The smallest absolute Gasteiger partial charge is 0.191 e. The third-order valence-corrected chi connectivity index (χ3v) is 4.22. The van der Waals surface area contributed by atoms with Crippen LogP contribution < -0.4 is 10.6 Å². The maximum Gasteiger partial charge on any atom is 0.191 e. The van der Waals surface area contributed by atoms with Crippen molar-refractivity contribution in [3.05, 3.63) is 78.0 Å². The number of nitrogens with zero attached hydrogens (tertiary/aromatic N) is 4. The number of hydrogen-bond donors (Lipinski definition) is 2. The summed E-state index contributed by atoms with van der Waals surface area (Å²) in [4.78, 5) is 13.0. The van der Waals surface area contributed by atoms with Crippen molar-refractivity contribution >= 4 is 5.96 Å². The highest BCUT2D eigenvalue weighted by atomic mass is 15.2. The zero-order valence-electron chi connectivity index (χ0n) is 15.3. The van der Waals surface area contributed by atoms with Crippen LogP contribution in [-0.4, -0.2) is 27.5 Å². The lowest BCUT2D eigenvalue weighted by Crippen LogP contribution is -2.38. The largest absolute Gasteiger partial charge is 0.352 e. The molecule has 26 heavy (non-hydrogen) atoms. The van der Waals surface area contributed by atoms with E-state index in [0.717, 1.165) is 23.2 Å². The van der Waals surface area contributed by atoms with Crippen LogP contribution in [0.1, 0.15) is 29.9 Å². The summed E-state index contributed by atoms with van der Waals surface area (Å²) in [5.41, 5.74) is 2.30. The highest BCUT2D eigenvalue weighted by molar-refractivity contribution is 5.80. The molecule has 0 radical (unpaired) electrons. The minimum Gasteiger partial charge on any atom is -0.352 e. The van der Waals surface area contributed by atoms with E-state index in [1.165, 1.54) is 5.56 Å². The van der Waals surface area contributed by atoms with Crippen LogP contribution in [0.2, 0.25) is 0 Å². The minimum atomic E-state index is 0.173. The fraction of sp³-hybridized carbons (Fsp3) is 0.250. The van der Waals surface area contributed by atoms with Crippen molar-refractivity contribution in [1.82, 2.24) is 25.2 Å². The van der Waals surface area contributed by atoms with E-state index in [9.17, 15) is 0 Å². The van der Waals surface area contributed by atoms with Gasteiger partial charge < -0.3 is 10.6 Å². The molecule has 1 atom stereocenters. The van der Waals surface area contributed by atoms with Gasteiger partial charge in [-0.2, -0.15) is 0 Å². The molecule has 0 bridgehead atoms. The summed E-state index contributed by atoms with van der Waals surface area (Å²) in [6.45, 7) is 4.73.